The van der Waals surface area contributed by atoms with Crippen LogP contribution in [0.4, 0.5) is 0 Å². The first-order valence-corrected chi connectivity index (χ1v) is 13.2. The molecule has 3 aliphatic rings. The number of β-amino-alcohol motifs (C(OH)–C–C–N with tert-alkyl or cyclic N) is 1. The summed E-state index contributed by atoms with van der Waals surface area (Å²) in [5.74, 6) is -1.92. The number of likely N-dealkylation sites (tertiary alicyclic amines) is 1. The van der Waals surface area contributed by atoms with Gasteiger partial charge in [0, 0.05) is 32.7 Å². The molecule has 0 aliphatic carbocycles. The zero-order valence-corrected chi connectivity index (χ0v) is 21.7. The number of carbonyl (C=O) groups excluding carboxylic acids is 3. The van der Waals surface area contributed by atoms with Gasteiger partial charge in [-0.2, -0.15) is 0 Å². The molecule has 196 valence electrons. The largest absolute Gasteiger partial charge is 0.395 e. The fourth-order valence-corrected chi connectivity index (χ4v) is 6.60. The number of hydrogen-bond acceptors (Lipinski definition) is 5. The second-order valence-electron chi connectivity index (χ2n) is 10.1. The molecule has 1 N–H and O–H groups in total. The average molecular weight is 490 g/mol. The van der Waals surface area contributed by atoms with Crippen LogP contribution >= 0.6 is 0 Å². The van der Waals surface area contributed by atoms with Crippen LogP contribution in [0, 0.1) is 11.8 Å². The highest BCUT2D eigenvalue weighted by atomic mass is 16.5. The number of unbranched alkanes of at least 4 members (excludes halogenated alkanes) is 1. The zero-order valence-electron chi connectivity index (χ0n) is 21.7. The number of aliphatic hydroxyl groups excluding tert-OH is 1. The van der Waals surface area contributed by atoms with Gasteiger partial charge in [-0.15, -0.1) is 13.2 Å². The van der Waals surface area contributed by atoms with Crippen molar-refractivity contribution in [2.24, 2.45) is 11.8 Å². The minimum atomic E-state index is -1.06. The van der Waals surface area contributed by atoms with E-state index < -0.39 is 29.1 Å². The predicted octanol–water partition coefficient (Wildman–Crippen LogP) is 2.37. The van der Waals surface area contributed by atoms with Gasteiger partial charge in [0.05, 0.1) is 24.0 Å². The number of carbonyl (C=O) groups is 3. The molecule has 1 spiro atoms. The van der Waals surface area contributed by atoms with Gasteiger partial charge < -0.3 is 24.5 Å². The molecule has 3 rings (SSSR count). The molecule has 2 unspecified atom stereocenters. The zero-order chi connectivity index (χ0) is 25.8. The molecule has 0 aromatic rings. The summed E-state index contributed by atoms with van der Waals surface area (Å²) in [5, 5.41) is 9.80. The first-order chi connectivity index (χ1) is 16.8. The summed E-state index contributed by atoms with van der Waals surface area (Å²) < 4.78 is 6.78. The van der Waals surface area contributed by atoms with Gasteiger partial charge in [-0.1, -0.05) is 39.3 Å². The molecule has 8 heteroatoms. The summed E-state index contributed by atoms with van der Waals surface area (Å²) in [6, 6.07) is -0.853. The Hall–Kier alpha value is -2.19. The molecule has 2 bridgehead atoms. The Labute approximate surface area is 210 Å². The molecule has 0 radical (unpaired) electrons. The minimum Gasteiger partial charge on any atom is -0.395 e. The molecule has 3 saturated heterocycles. The number of aliphatic hydroxyl groups is 1. The highest BCUT2D eigenvalue weighted by molar-refractivity contribution is 5.99. The maximum Gasteiger partial charge on any atom is 0.248 e. The van der Waals surface area contributed by atoms with Crippen LogP contribution < -0.4 is 0 Å². The molecule has 8 nitrogen and oxygen atoms in total. The molecule has 3 fully saturated rings. The molecule has 3 heterocycles. The van der Waals surface area contributed by atoms with Crippen LogP contribution in [0.25, 0.3) is 0 Å². The fraction of sp³-hybridized carbons (Fsp3) is 0.741. The molecular weight excluding hydrogens is 446 g/mol. The number of rotatable bonds is 14. The van der Waals surface area contributed by atoms with Crippen LogP contribution in [0.3, 0.4) is 0 Å². The maximum absolute atomic E-state index is 14.0. The van der Waals surface area contributed by atoms with Gasteiger partial charge in [-0.25, -0.2) is 0 Å². The van der Waals surface area contributed by atoms with Gasteiger partial charge in [0.15, 0.2) is 0 Å². The average Bonchev–Trinajstić information content (AvgIpc) is 3.45. The lowest BCUT2D eigenvalue weighted by atomic mass is 9.64. The fourth-order valence-electron chi connectivity index (χ4n) is 6.60. The Bertz CT molecular complexity index is 832. The summed E-state index contributed by atoms with van der Waals surface area (Å²) in [7, 11) is 0. The Balaban J connectivity index is 2.07. The third-order valence-corrected chi connectivity index (χ3v) is 8.12. The van der Waals surface area contributed by atoms with E-state index in [9.17, 15) is 19.5 Å². The van der Waals surface area contributed by atoms with Crippen LogP contribution in [-0.2, 0) is 19.1 Å². The van der Waals surface area contributed by atoms with Crippen LogP contribution in [0.2, 0.25) is 0 Å². The highest BCUT2D eigenvalue weighted by Crippen LogP contribution is 2.64. The van der Waals surface area contributed by atoms with Crippen molar-refractivity contribution in [2.75, 3.05) is 39.3 Å². The van der Waals surface area contributed by atoms with Crippen molar-refractivity contribution in [3.8, 4) is 0 Å². The first kappa shape index (κ1) is 27.4. The van der Waals surface area contributed by atoms with Gasteiger partial charge in [0.2, 0.25) is 17.7 Å². The second-order valence-corrected chi connectivity index (χ2v) is 10.1. The van der Waals surface area contributed by atoms with Crippen molar-refractivity contribution in [1.82, 2.24) is 14.7 Å². The van der Waals surface area contributed by atoms with Gasteiger partial charge in [-0.05, 0) is 32.1 Å². The summed E-state index contributed by atoms with van der Waals surface area (Å²) in [6.07, 6.45) is 7.73. The number of amides is 3. The highest BCUT2D eigenvalue weighted by Gasteiger charge is 2.78. The Morgan fingerprint density at radius 1 is 1.09 bits per heavy atom. The van der Waals surface area contributed by atoms with E-state index in [1.165, 1.54) is 4.90 Å². The first-order valence-electron chi connectivity index (χ1n) is 13.2. The summed E-state index contributed by atoms with van der Waals surface area (Å²) >= 11 is 0. The van der Waals surface area contributed by atoms with E-state index in [4.69, 9.17) is 4.74 Å². The topological polar surface area (TPSA) is 90.4 Å². The monoisotopic (exact) mass is 489 g/mol. The van der Waals surface area contributed by atoms with Crippen molar-refractivity contribution in [1.29, 1.82) is 0 Å². The van der Waals surface area contributed by atoms with E-state index in [1.54, 1.807) is 22.0 Å². The van der Waals surface area contributed by atoms with Crippen LogP contribution in [0.1, 0.15) is 59.3 Å². The van der Waals surface area contributed by atoms with Gasteiger partial charge in [-0.3, -0.25) is 14.4 Å². The van der Waals surface area contributed by atoms with Crippen LogP contribution in [0.15, 0.2) is 25.3 Å². The number of hydrogen-bond donors (Lipinski definition) is 1. The lowest BCUT2D eigenvalue weighted by molar-refractivity contribution is -0.155. The third kappa shape index (κ3) is 4.44. The third-order valence-electron chi connectivity index (χ3n) is 8.12. The number of nitrogens with zero attached hydrogens (tertiary/aromatic N) is 3. The lowest BCUT2D eigenvalue weighted by Gasteiger charge is -2.37. The second kappa shape index (κ2) is 11.2. The van der Waals surface area contributed by atoms with Crippen molar-refractivity contribution < 1.29 is 24.2 Å². The summed E-state index contributed by atoms with van der Waals surface area (Å²) in [6.45, 7) is 15.4. The Morgan fingerprint density at radius 3 is 2.29 bits per heavy atom. The Morgan fingerprint density at radius 2 is 1.74 bits per heavy atom. The minimum absolute atomic E-state index is 0.0396. The number of fused-ring (bicyclic) bond motifs is 1. The molecule has 3 amide bonds. The quantitative estimate of drug-likeness (QED) is 0.379. The molecule has 35 heavy (non-hydrogen) atoms. The van der Waals surface area contributed by atoms with Gasteiger partial charge in [0.25, 0.3) is 0 Å². The molecule has 5 atom stereocenters. The standard InChI is InChI=1S/C27H43N3O5/c1-6-11-17-29(16-9-4)25(34)22-27-13-12-26(10-5,35-27)20(21(27)24(33)30(22)18-19-31)23(32)28(14-7-2)15-8-3/h7,9,20-22,31H,2,4,6,8,10-19H2,1,3,5H3/t20-,21+,22?,26+,27?/m1/s1. The van der Waals surface area contributed by atoms with Gasteiger partial charge in [0.1, 0.15) is 11.6 Å². The van der Waals surface area contributed by atoms with Crippen molar-refractivity contribution >= 4 is 17.7 Å². The smallest absolute Gasteiger partial charge is 0.248 e. The lowest BCUT2D eigenvalue weighted by Crippen LogP contribution is -2.56. The van der Waals surface area contributed by atoms with E-state index in [2.05, 4.69) is 20.1 Å². The summed E-state index contributed by atoms with van der Waals surface area (Å²) in [4.78, 5) is 46.9. The molecule has 0 saturated carbocycles. The number of ether oxygens (including phenoxy) is 1. The summed E-state index contributed by atoms with van der Waals surface area (Å²) in [5.41, 5.74) is -1.82. The molecule has 3 aliphatic heterocycles. The van der Waals surface area contributed by atoms with E-state index in [0.29, 0.717) is 45.4 Å². The van der Waals surface area contributed by atoms with E-state index in [1.807, 2.05) is 13.8 Å². The van der Waals surface area contributed by atoms with Crippen molar-refractivity contribution in [2.45, 2.75) is 76.5 Å². The maximum atomic E-state index is 14.0. The van der Waals surface area contributed by atoms with E-state index in [0.717, 1.165) is 19.3 Å². The van der Waals surface area contributed by atoms with E-state index in [-0.39, 0.29) is 30.9 Å². The van der Waals surface area contributed by atoms with Crippen LogP contribution in [-0.4, -0.2) is 94.1 Å². The van der Waals surface area contributed by atoms with E-state index >= 15 is 0 Å². The van der Waals surface area contributed by atoms with Crippen LogP contribution in [0.5, 0.6) is 0 Å². The van der Waals surface area contributed by atoms with Crippen molar-refractivity contribution in [3.63, 3.8) is 0 Å². The predicted molar refractivity (Wildman–Crippen MR) is 134 cm³/mol. The normalized spacial score (nSPS) is 30.9. The molecule has 0 aromatic heterocycles. The SMILES string of the molecule is C=CCN(CCCC)C(=O)C1N(CCO)C(=O)[C@@H]2[C@H](C(=O)N(CC=C)CCC)[C@]3(CC)CCC12O3. The Kier molecular flexibility index (Phi) is 8.81. The molecule has 0 aromatic carbocycles. The van der Waals surface area contributed by atoms with Crippen molar-refractivity contribution in [3.05, 3.63) is 25.3 Å². The van der Waals surface area contributed by atoms with Gasteiger partial charge >= 0.3 is 0 Å². The molecular formula is C27H43N3O5.